The zero-order chi connectivity index (χ0) is 22.9. The van der Waals surface area contributed by atoms with E-state index in [1.54, 1.807) is 12.2 Å². The second-order valence-electron chi connectivity index (χ2n) is 7.28. The number of allylic oxidation sites excluding steroid dienone is 2. The molecule has 2 aliphatic heterocycles. The summed E-state index contributed by atoms with van der Waals surface area (Å²) in [5, 5.41) is 59.4. The smallest absolute Gasteiger partial charge is 0.186 e. The fourth-order valence-corrected chi connectivity index (χ4v) is 2.94. The molecule has 10 nitrogen and oxygen atoms in total. The molecule has 2 heterocycles. The number of hydrogen-bond donors (Lipinski definition) is 6. The second kappa shape index (κ2) is 12.5. The van der Waals surface area contributed by atoms with E-state index in [1.165, 1.54) is 0 Å². The minimum Gasteiger partial charge on any atom is -0.393 e. The Hall–Kier alpha value is -1.54. The summed E-state index contributed by atoms with van der Waals surface area (Å²) in [6, 6.07) is 0. The van der Waals surface area contributed by atoms with Crippen LogP contribution >= 0.6 is 0 Å². The van der Waals surface area contributed by atoms with Gasteiger partial charge in [0, 0.05) is 6.42 Å². The van der Waals surface area contributed by atoms with Gasteiger partial charge in [0.2, 0.25) is 0 Å². The van der Waals surface area contributed by atoms with Crippen molar-refractivity contribution in [3.05, 3.63) is 12.2 Å². The Bertz CT molecular complexity index is 704. The van der Waals surface area contributed by atoms with Gasteiger partial charge >= 0.3 is 0 Å². The third-order valence-corrected chi connectivity index (χ3v) is 4.87. The van der Waals surface area contributed by atoms with Gasteiger partial charge in [-0.25, -0.2) is 0 Å². The molecule has 174 valence electrons. The maximum atomic E-state index is 10.1. The van der Waals surface area contributed by atoms with Gasteiger partial charge in [-0.15, -0.1) is 0 Å². The van der Waals surface area contributed by atoms with Crippen LogP contribution in [0.25, 0.3) is 0 Å². The van der Waals surface area contributed by atoms with Crippen LogP contribution < -0.4 is 0 Å². The standard InChI is InChI=1S/C21H30O10/c1-2-3-4-5-6-7-8-9-10-28-19-17(25)16(24)15(23)14(31-19)11-29-20-18(26)21(27,12-22)13-30-20/h2-3,14-20,22-27H,8-13H2,1H3/b3-2+/t14-,15-,16+,17-,18+,19-,20-,21-/m1/s1. The first kappa shape index (κ1) is 25.7. The lowest BCUT2D eigenvalue weighted by Gasteiger charge is -2.40. The molecule has 2 aliphatic rings. The predicted molar refractivity (Wildman–Crippen MR) is 106 cm³/mol. The fourth-order valence-electron chi connectivity index (χ4n) is 2.94. The van der Waals surface area contributed by atoms with E-state index in [0.29, 0.717) is 12.8 Å². The van der Waals surface area contributed by atoms with Crippen LogP contribution in [-0.4, -0.2) is 106 Å². The van der Waals surface area contributed by atoms with Crippen molar-refractivity contribution in [1.82, 2.24) is 0 Å². The maximum Gasteiger partial charge on any atom is 0.186 e. The van der Waals surface area contributed by atoms with Crippen molar-refractivity contribution >= 4 is 0 Å². The van der Waals surface area contributed by atoms with E-state index >= 15 is 0 Å². The number of unbranched alkanes of at least 4 members (excludes halogenated alkanes) is 1. The molecule has 0 saturated carbocycles. The Morgan fingerprint density at radius 3 is 2.52 bits per heavy atom. The first-order valence-electron chi connectivity index (χ1n) is 9.99. The van der Waals surface area contributed by atoms with Gasteiger partial charge in [-0.1, -0.05) is 17.9 Å². The van der Waals surface area contributed by atoms with Gasteiger partial charge < -0.3 is 49.6 Å². The van der Waals surface area contributed by atoms with Gasteiger partial charge in [0.15, 0.2) is 12.6 Å². The summed E-state index contributed by atoms with van der Waals surface area (Å²) in [6.07, 6.45) is -5.04. The molecule has 2 saturated heterocycles. The van der Waals surface area contributed by atoms with Crippen molar-refractivity contribution in [3.63, 3.8) is 0 Å². The number of hydrogen-bond acceptors (Lipinski definition) is 10. The molecule has 0 aromatic carbocycles. The number of aliphatic hydroxyl groups is 6. The van der Waals surface area contributed by atoms with Gasteiger partial charge in [0.05, 0.1) is 26.4 Å². The molecular formula is C21H30O10. The number of rotatable bonds is 8. The van der Waals surface area contributed by atoms with E-state index in [-0.39, 0.29) is 19.8 Å². The molecule has 2 rings (SSSR count). The lowest BCUT2D eigenvalue weighted by atomic mass is 9.99. The Morgan fingerprint density at radius 1 is 1.06 bits per heavy atom. The largest absolute Gasteiger partial charge is 0.393 e. The van der Waals surface area contributed by atoms with E-state index in [1.807, 2.05) is 6.92 Å². The van der Waals surface area contributed by atoms with E-state index in [0.717, 1.165) is 0 Å². The number of aliphatic hydroxyl groups excluding tert-OH is 5. The average Bonchev–Trinajstić information content (AvgIpc) is 3.06. The highest BCUT2D eigenvalue weighted by Gasteiger charge is 2.50. The van der Waals surface area contributed by atoms with E-state index in [4.69, 9.17) is 24.1 Å². The molecule has 2 fully saturated rings. The Balaban J connectivity index is 1.80. The topological polar surface area (TPSA) is 158 Å². The second-order valence-corrected chi connectivity index (χ2v) is 7.28. The van der Waals surface area contributed by atoms with Crippen LogP contribution in [0.3, 0.4) is 0 Å². The molecule has 0 radical (unpaired) electrons. The predicted octanol–water partition coefficient (Wildman–Crippen LogP) is -2.37. The fraction of sp³-hybridized carbons (Fsp3) is 0.714. The molecule has 0 bridgehead atoms. The van der Waals surface area contributed by atoms with Crippen molar-refractivity contribution < 1.29 is 49.6 Å². The van der Waals surface area contributed by atoms with Gasteiger partial charge in [0.25, 0.3) is 0 Å². The van der Waals surface area contributed by atoms with E-state index < -0.39 is 55.3 Å². The minimum atomic E-state index is -1.85. The van der Waals surface area contributed by atoms with E-state index in [2.05, 4.69) is 23.7 Å². The summed E-state index contributed by atoms with van der Waals surface area (Å²) in [4.78, 5) is 0. The molecule has 31 heavy (non-hydrogen) atoms. The van der Waals surface area contributed by atoms with Crippen LogP contribution in [0.4, 0.5) is 0 Å². The van der Waals surface area contributed by atoms with Gasteiger partial charge in [0.1, 0.15) is 36.1 Å². The van der Waals surface area contributed by atoms with Crippen molar-refractivity contribution in [3.8, 4) is 23.7 Å². The van der Waals surface area contributed by atoms with Crippen molar-refractivity contribution in [1.29, 1.82) is 0 Å². The summed E-state index contributed by atoms with van der Waals surface area (Å²) >= 11 is 0. The zero-order valence-electron chi connectivity index (χ0n) is 17.3. The lowest BCUT2D eigenvalue weighted by Crippen LogP contribution is -2.59. The molecule has 0 amide bonds. The summed E-state index contributed by atoms with van der Waals surface area (Å²) in [7, 11) is 0. The van der Waals surface area contributed by atoms with Crippen LogP contribution in [0, 0.1) is 23.7 Å². The molecule has 6 N–H and O–H groups in total. The van der Waals surface area contributed by atoms with Crippen LogP contribution in [0.1, 0.15) is 19.8 Å². The summed E-state index contributed by atoms with van der Waals surface area (Å²) < 4.78 is 21.4. The number of ether oxygens (including phenoxy) is 4. The maximum absolute atomic E-state index is 10.1. The van der Waals surface area contributed by atoms with Crippen LogP contribution in [0.2, 0.25) is 0 Å². The van der Waals surface area contributed by atoms with Crippen LogP contribution in [-0.2, 0) is 18.9 Å². The van der Waals surface area contributed by atoms with Crippen LogP contribution in [0.15, 0.2) is 12.2 Å². The summed E-state index contributed by atoms with van der Waals surface area (Å²) in [6.45, 7) is 0.661. The van der Waals surface area contributed by atoms with Crippen molar-refractivity contribution in [2.45, 2.75) is 68.5 Å². The molecule has 8 atom stereocenters. The first-order valence-corrected chi connectivity index (χ1v) is 9.99. The Kier molecular flexibility index (Phi) is 10.4. The third kappa shape index (κ3) is 6.97. The van der Waals surface area contributed by atoms with Gasteiger partial charge in [-0.05, 0) is 31.3 Å². The summed E-state index contributed by atoms with van der Waals surface area (Å²) in [5.74, 6) is 10.9. The highest BCUT2D eigenvalue weighted by molar-refractivity contribution is 5.30. The Morgan fingerprint density at radius 2 is 1.84 bits per heavy atom. The quantitative estimate of drug-likeness (QED) is 0.177. The monoisotopic (exact) mass is 442 g/mol. The van der Waals surface area contributed by atoms with Crippen molar-refractivity contribution in [2.75, 3.05) is 26.4 Å². The van der Waals surface area contributed by atoms with Crippen molar-refractivity contribution in [2.24, 2.45) is 0 Å². The lowest BCUT2D eigenvalue weighted by molar-refractivity contribution is -0.309. The molecule has 0 aromatic rings. The third-order valence-electron chi connectivity index (χ3n) is 4.87. The molecule has 0 aliphatic carbocycles. The van der Waals surface area contributed by atoms with Gasteiger partial charge in [-0.3, -0.25) is 0 Å². The first-order chi connectivity index (χ1) is 14.8. The highest BCUT2D eigenvalue weighted by Crippen LogP contribution is 2.27. The minimum absolute atomic E-state index is 0.184. The molecule has 0 aromatic heterocycles. The molecular weight excluding hydrogens is 412 g/mol. The normalized spacial score (nSPS) is 37.8. The highest BCUT2D eigenvalue weighted by atomic mass is 16.7. The van der Waals surface area contributed by atoms with E-state index in [9.17, 15) is 25.5 Å². The average molecular weight is 442 g/mol. The molecule has 0 spiro atoms. The van der Waals surface area contributed by atoms with Crippen LogP contribution in [0.5, 0.6) is 0 Å². The summed E-state index contributed by atoms with van der Waals surface area (Å²) in [5.41, 5.74) is -1.85. The molecule has 10 heteroatoms. The Labute approximate surface area is 181 Å². The zero-order valence-corrected chi connectivity index (χ0v) is 17.3. The van der Waals surface area contributed by atoms with Gasteiger partial charge in [-0.2, -0.15) is 0 Å². The SMILES string of the molecule is C/C=C/C#CC#CCCCO[C@@H]1O[C@H](CO[C@@H]2OC[C@](O)(CO)[C@H]2O)[C@@H](O)[C@H](O)[C@H]1O. The molecule has 0 unspecified atom stereocenters.